The molecule has 1 aromatic rings. The topological polar surface area (TPSA) is 161 Å². The van der Waals surface area contributed by atoms with E-state index in [1.807, 2.05) is 20.8 Å². The normalized spacial score (nSPS) is 14.0. The van der Waals surface area contributed by atoms with E-state index in [2.05, 4.69) is 0 Å². The number of rotatable bonds is 15. The van der Waals surface area contributed by atoms with Crippen LogP contribution in [0.5, 0.6) is 11.5 Å². The highest BCUT2D eigenvalue weighted by atomic mass is 16.7. The van der Waals surface area contributed by atoms with Crippen molar-refractivity contribution in [3.63, 3.8) is 0 Å². The summed E-state index contributed by atoms with van der Waals surface area (Å²) in [6.45, 7) is 9.42. The molecule has 11 nitrogen and oxygen atoms in total. The molecule has 0 fully saturated rings. The Morgan fingerprint density at radius 1 is 0.919 bits per heavy atom. The second-order valence-electron chi connectivity index (χ2n) is 8.83. The minimum absolute atomic E-state index is 0.0815. The molecule has 0 aliphatic heterocycles. The molecule has 0 saturated carbocycles. The van der Waals surface area contributed by atoms with Gasteiger partial charge < -0.3 is 34.5 Å². The number of carboxylic acids is 1. The second-order valence-corrected chi connectivity index (χ2v) is 8.83. The van der Waals surface area contributed by atoms with Crippen molar-refractivity contribution in [2.75, 3.05) is 13.2 Å². The lowest BCUT2D eigenvalue weighted by Gasteiger charge is -2.25. The van der Waals surface area contributed by atoms with E-state index in [4.69, 9.17) is 29.4 Å². The quantitative estimate of drug-likeness (QED) is 0.184. The lowest BCUT2D eigenvalue weighted by Crippen LogP contribution is -2.38. The third kappa shape index (κ3) is 11.5. The fourth-order valence-electron chi connectivity index (χ4n) is 3.30. The van der Waals surface area contributed by atoms with Gasteiger partial charge >= 0.3 is 24.2 Å². The predicted molar refractivity (Wildman–Crippen MR) is 134 cm³/mol. The van der Waals surface area contributed by atoms with Gasteiger partial charge in [-0.3, -0.25) is 9.59 Å². The van der Waals surface area contributed by atoms with E-state index in [0.717, 1.165) is 6.42 Å². The fourth-order valence-corrected chi connectivity index (χ4v) is 3.30. The molecule has 0 aliphatic carbocycles. The maximum absolute atomic E-state index is 12.2. The summed E-state index contributed by atoms with van der Waals surface area (Å²) < 4.78 is 25.7. The second kappa shape index (κ2) is 16.4. The van der Waals surface area contributed by atoms with Crippen LogP contribution in [0, 0.1) is 5.92 Å². The lowest BCUT2D eigenvalue weighted by atomic mass is 9.87. The number of carboxylic acid groups (broad SMARTS) is 1. The van der Waals surface area contributed by atoms with Gasteiger partial charge in [-0.05, 0) is 49.8 Å². The monoisotopic (exact) mass is 525 g/mol. The van der Waals surface area contributed by atoms with Crippen molar-refractivity contribution in [1.82, 2.24) is 0 Å². The van der Waals surface area contributed by atoms with E-state index < -0.39 is 36.3 Å². The molecule has 0 radical (unpaired) electrons. The molecule has 0 heterocycles. The molecule has 1 rings (SSSR count). The van der Waals surface area contributed by atoms with E-state index >= 15 is 0 Å². The summed E-state index contributed by atoms with van der Waals surface area (Å²) in [6, 6.07) is 2.81. The Balaban J connectivity index is 3.25. The summed E-state index contributed by atoms with van der Waals surface area (Å²) in [4.78, 5) is 48.1. The number of carbonyl (C=O) groups excluding carboxylic acids is 3. The summed E-state index contributed by atoms with van der Waals surface area (Å²) >= 11 is 0. The van der Waals surface area contributed by atoms with Gasteiger partial charge in [0.2, 0.25) is 0 Å². The van der Waals surface area contributed by atoms with E-state index in [-0.39, 0.29) is 49.4 Å². The first-order valence-corrected chi connectivity index (χ1v) is 12.5. The number of nitrogens with two attached hydrogens (primary N) is 1. The van der Waals surface area contributed by atoms with Crippen molar-refractivity contribution < 1.29 is 48.0 Å². The minimum atomic E-state index is -1.36. The maximum atomic E-state index is 12.2. The first-order valence-electron chi connectivity index (χ1n) is 12.5. The van der Waals surface area contributed by atoms with Crippen LogP contribution in [-0.2, 0) is 23.8 Å². The molecule has 0 bridgehead atoms. The van der Waals surface area contributed by atoms with Crippen molar-refractivity contribution >= 4 is 24.2 Å². The van der Waals surface area contributed by atoms with E-state index in [9.17, 15) is 24.3 Å². The molecule has 0 aliphatic rings. The van der Waals surface area contributed by atoms with Crippen molar-refractivity contribution in [3.8, 4) is 11.5 Å². The van der Waals surface area contributed by atoms with Crippen molar-refractivity contribution in [3.05, 3.63) is 23.8 Å². The molecule has 0 saturated heterocycles. The van der Waals surface area contributed by atoms with Crippen molar-refractivity contribution in [1.29, 1.82) is 0 Å². The molecular weight excluding hydrogens is 486 g/mol. The highest BCUT2D eigenvalue weighted by molar-refractivity contribution is 5.75. The lowest BCUT2D eigenvalue weighted by molar-refractivity contribution is -0.149. The summed E-state index contributed by atoms with van der Waals surface area (Å²) in [6.07, 6.45) is -0.391. The average molecular weight is 526 g/mol. The molecule has 0 amide bonds. The van der Waals surface area contributed by atoms with Gasteiger partial charge in [-0.2, -0.15) is 0 Å². The van der Waals surface area contributed by atoms with Gasteiger partial charge in [0.1, 0.15) is 6.04 Å². The van der Waals surface area contributed by atoms with Crippen LogP contribution >= 0.6 is 0 Å². The predicted octanol–water partition coefficient (Wildman–Crippen LogP) is 4.79. The highest BCUT2D eigenvalue weighted by Gasteiger charge is 2.30. The molecule has 3 unspecified atom stereocenters. The highest BCUT2D eigenvalue weighted by Crippen LogP contribution is 2.35. The molecule has 37 heavy (non-hydrogen) atoms. The number of esters is 1. The molecule has 11 heteroatoms. The zero-order chi connectivity index (χ0) is 28.0. The maximum Gasteiger partial charge on any atom is 0.513 e. The zero-order valence-corrected chi connectivity index (χ0v) is 22.2. The summed E-state index contributed by atoms with van der Waals surface area (Å²) in [7, 11) is 0. The summed E-state index contributed by atoms with van der Waals surface area (Å²) in [5.41, 5.74) is 6.35. The fraction of sp³-hybridized carbons (Fsp3) is 0.615. The Morgan fingerprint density at radius 2 is 1.49 bits per heavy atom. The Hall–Kier alpha value is -3.34. The number of hydrogen-bond donors (Lipinski definition) is 2. The van der Waals surface area contributed by atoms with Gasteiger partial charge in [-0.1, -0.05) is 40.2 Å². The van der Waals surface area contributed by atoms with E-state index in [0.29, 0.717) is 18.4 Å². The Labute approximate surface area is 217 Å². The van der Waals surface area contributed by atoms with Crippen LogP contribution in [0.1, 0.15) is 78.2 Å². The zero-order valence-electron chi connectivity index (χ0n) is 22.2. The smallest absolute Gasteiger partial charge is 0.480 e. The largest absolute Gasteiger partial charge is 0.513 e. The van der Waals surface area contributed by atoms with Gasteiger partial charge in [0.05, 0.1) is 19.3 Å². The third-order valence-corrected chi connectivity index (χ3v) is 5.48. The van der Waals surface area contributed by atoms with Crippen LogP contribution in [0.3, 0.4) is 0 Å². The Bertz CT molecular complexity index is 903. The van der Waals surface area contributed by atoms with Crippen LogP contribution < -0.4 is 15.2 Å². The third-order valence-electron chi connectivity index (χ3n) is 5.48. The summed E-state index contributed by atoms with van der Waals surface area (Å²) in [5.74, 6) is -2.65. The van der Waals surface area contributed by atoms with Crippen LogP contribution in [-0.4, -0.2) is 54.7 Å². The van der Waals surface area contributed by atoms with Gasteiger partial charge in [0, 0.05) is 12.3 Å². The number of carbonyl (C=O) groups is 4. The first kappa shape index (κ1) is 31.7. The number of aliphatic carboxylic acids is 1. The molecule has 208 valence electrons. The Kier molecular flexibility index (Phi) is 14.1. The van der Waals surface area contributed by atoms with E-state index in [1.165, 1.54) is 18.2 Å². The average Bonchev–Trinajstić information content (AvgIpc) is 2.85. The number of benzene rings is 1. The van der Waals surface area contributed by atoms with Gasteiger partial charge in [0.15, 0.2) is 11.5 Å². The standard InChI is InChI=1S/C26H39NO10/c1-6-11-33-25(31)36-20-10-9-18(15-21(20)37-26(32)34-12-7-2)19(23(27)24(29)30)14-17(5)35-22(28)13-16(4)8-3/h9-10,15-17,19,23H,6-8,11-14,27H2,1-5H3,(H,29,30)/t16?,17?,19?,23-/m0/s1. The molecule has 3 N–H and O–H groups in total. The van der Waals surface area contributed by atoms with Gasteiger partial charge in [0.25, 0.3) is 0 Å². The van der Waals surface area contributed by atoms with Crippen molar-refractivity contribution in [2.24, 2.45) is 11.7 Å². The number of ether oxygens (including phenoxy) is 5. The Morgan fingerprint density at radius 3 is 2.00 bits per heavy atom. The number of hydrogen-bond acceptors (Lipinski definition) is 10. The van der Waals surface area contributed by atoms with Crippen LogP contribution in [0.2, 0.25) is 0 Å². The molecule has 4 atom stereocenters. The van der Waals surface area contributed by atoms with Crippen LogP contribution in [0.4, 0.5) is 9.59 Å². The molecule has 1 aromatic carbocycles. The molecule has 0 spiro atoms. The van der Waals surface area contributed by atoms with Crippen LogP contribution in [0.25, 0.3) is 0 Å². The van der Waals surface area contributed by atoms with Crippen LogP contribution in [0.15, 0.2) is 18.2 Å². The molecule has 0 aromatic heterocycles. The summed E-state index contributed by atoms with van der Waals surface area (Å²) in [5, 5.41) is 9.60. The molecular formula is C26H39NO10. The van der Waals surface area contributed by atoms with Gasteiger partial charge in [-0.25, -0.2) is 9.59 Å². The SMILES string of the molecule is CCCOC(=O)Oc1ccc(C(CC(C)OC(=O)CC(C)CC)[C@H](N)C(=O)O)cc1OC(=O)OCCC. The minimum Gasteiger partial charge on any atom is -0.480 e. The first-order chi connectivity index (χ1) is 17.5. The van der Waals surface area contributed by atoms with Crippen molar-refractivity contribution in [2.45, 2.75) is 84.8 Å². The van der Waals surface area contributed by atoms with Gasteiger partial charge in [-0.15, -0.1) is 0 Å². The van der Waals surface area contributed by atoms with E-state index in [1.54, 1.807) is 13.8 Å².